The zero-order valence-electron chi connectivity index (χ0n) is 10.3. The van der Waals surface area contributed by atoms with Crippen molar-refractivity contribution in [2.24, 2.45) is 5.84 Å². The van der Waals surface area contributed by atoms with Crippen LogP contribution in [0.2, 0.25) is 0 Å². The summed E-state index contributed by atoms with van der Waals surface area (Å²) in [6.07, 6.45) is 0.801. The molecule has 3 rings (SSSR count). The lowest BCUT2D eigenvalue weighted by molar-refractivity contribution is -0.135. The van der Waals surface area contributed by atoms with Gasteiger partial charge in [0.1, 0.15) is 6.54 Å². The minimum atomic E-state index is -0.935. The number of anilines is 1. The average Bonchev–Trinajstić information content (AvgIpc) is 2.76. The number of hydrogen-bond donors (Lipinski definition) is 2. The molecule has 0 spiro atoms. The minimum Gasteiger partial charge on any atom is -0.480 e. The van der Waals surface area contributed by atoms with Gasteiger partial charge in [-0.2, -0.15) is 0 Å². The molecule has 0 aromatic heterocycles. The minimum absolute atomic E-state index is 0.202. The highest BCUT2D eigenvalue weighted by molar-refractivity contribution is 5.83. The van der Waals surface area contributed by atoms with E-state index in [1.165, 1.54) is 16.1 Å². The molecule has 0 amide bonds. The zero-order valence-corrected chi connectivity index (χ0v) is 10.3. The summed E-state index contributed by atoms with van der Waals surface area (Å²) in [5.41, 5.74) is 5.51. The van der Waals surface area contributed by atoms with Crippen molar-refractivity contribution in [3.8, 4) is 11.1 Å². The van der Waals surface area contributed by atoms with Gasteiger partial charge in [-0.25, -0.2) is 5.84 Å². The fourth-order valence-corrected chi connectivity index (χ4v) is 2.64. The normalized spacial score (nSPS) is 11.8. The van der Waals surface area contributed by atoms with Crippen LogP contribution in [0.5, 0.6) is 0 Å². The summed E-state index contributed by atoms with van der Waals surface area (Å²) in [5.74, 6) is 4.92. The molecule has 0 bridgehead atoms. The molecular formula is C15H14N2O2. The Balaban J connectivity index is 2.06. The van der Waals surface area contributed by atoms with Gasteiger partial charge in [0.15, 0.2) is 0 Å². The molecule has 2 aromatic rings. The van der Waals surface area contributed by atoms with E-state index in [0.717, 1.165) is 23.2 Å². The summed E-state index contributed by atoms with van der Waals surface area (Å²) >= 11 is 0. The van der Waals surface area contributed by atoms with Gasteiger partial charge in [0, 0.05) is 6.42 Å². The second-order valence-corrected chi connectivity index (χ2v) is 4.66. The number of nitrogens with zero attached hydrogens (tertiary/aromatic N) is 1. The van der Waals surface area contributed by atoms with Crippen molar-refractivity contribution in [1.82, 2.24) is 0 Å². The Morgan fingerprint density at radius 2 is 1.89 bits per heavy atom. The van der Waals surface area contributed by atoms with Gasteiger partial charge in [0.05, 0.1) is 5.69 Å². The maximum absolute atomic E-state index is 10.8. The molecule has 1 aliphatic carbocycles. The number of benzene rings is 2. The maximum atomic E-state index is 10.8. The number of rotatable bonds is 3. The van der Waals surface area contributed by atoms with Crippen LogP contribution in [0.3, 0.4) is 0 Å². The van der Waals surface area contributed by atoms with Crippen LogP contribution in [0.15, 0.2) is 42.5 Å². The molecule has 0 atom stereocenters. The predicted molar refractivity (Wildman–Crippen MR) is 73.9 cm³/mol. The number of hydrazine groups is 1. The molecule has 0 heterocycles. The first-order chi connectivity index (χ1) is 9.16. The third-order valence-corrected chi connectivity index (χ3v) is 3.44. The molecule has 0 saturated carbocycles. The number of carboxylic acids is 1. The van der Waals surface area contributed by atoms with Gasteiger partial charge in [-0.3, -0.25) is 9.80 Å². The van der Waals surface area contributed by atoms with Gasteiger partial charge >= 0.3 is 5.97 Å². The van der Waals surface area contributed by atoms with Crippen LogP contribution in [-0.2, 0) is 11.2 Å². The lowest BCUT2D eigenvalue weighted by Gasteiger charge is -2.19. The summed E-state index contributed by atoms with van der Waals surface area (Å²) in [6.45, 7) is -0.202. The summed E-state index contributed by atoms with van der Waals surface area (Å²) in [5, 5.41) is 10.1. The van der Waals surface area contributed by atoms with Crippen molar-refractivity contribution >= 4 is 11.7 Å². The molecule has 0 unspecified atom stereocenters. The van der Waals surface area contributed by atoms with E-state index in [1.807, 2.05) is 24.3 Å². The molecule has 19 heavy (non-hydrogen) atoms. The zero-order chi connectivity index (χ0) is 13.4. The van der Waals surface area contributed by atoms with Crippen LogP contribution in [0, 0.1) is 0 Å². The van der Waals surface area contributed by atoms with E-state index in [0.29, 0.717) is 0 Å². The van der Waals surface area contributed by atoms with Gasteiger partial charge in [-0.15, -0.1) is 0 Å². The Labute approximate surface area is 111 Å². The van der Waals surface area contributed by atoms with Gasteiger partial charge in [-0.1, -0.05) is 36.4 Å². The van der Waals surface area contributed by atoms with E-state index >= 15 is 0 Å². The van der Waals surface area contributed by atoms with E-state index in [1.54, 1.807) is 0 Å². The van der Waals surface area contributed by atoms with Crippen molar-refractivity contribution in [3.63, 3.8) is 0 Å². The lowest BCUT2D eigenvalue weighted by Crippen LogP contribution is -2.36. The Kier molecular flexibility index (Phi) is 2.72. The van der Waals surface area contributed by atoms with Crippen LogP contribution >= 0.6 is 0 Å². The largest absolute Gasteiger partial charge is 0.480 e. The summed E-state index contributed by atoms with van der Waals surface area (Å²) in [7, 11) is 0. The Bertz CT molecular complexity index is 652. The fourth-order valence-electron chi connectivity index (χ4n) is 2.64. The molecule has 4 heteroatoms. The molecule has 4 nitrogen and oxygen atoms in total. The first-order valence-electron chi connectivity index (χ1n) is 6.11. The highest BCUT2D eigenvalue weighted by Gasteiger charge is 2.22. The van der Waals surface area contributed by atoms with Gasteiger partial charge < -0.3 is 5.11 Å². The number of aliphatic carboxylic acids is 1. The van der Waals surface area contributed by atoms with Crippen molar-refractivity contribution in [2.75, 3.05) is 11.6 Å². The SMILES string of the molecule is NN(CC(=O)O)c1cccc2c1Cc1ccccc1-2. The highest BCUT2D eigenvalue weighted by atomic mass is 16.4. The number of carbonyl (C=O) groups is 1. The average molecular weight is 254 g/mol. The Morgan fingerprint density at radius 3 is 2.68 bits per heavy atom. The highest BCUT2D eigenvalue weighted by Crippen LogP contribution is 2.40. The molecule has 0 fully saturated rings. The second-order valence-electron chi connectivity index (χ2n) is 4.66. The van der Waals surface area contributed by atoms with E-state index in [-0.39, 0.29) is 6.54 Å². The predicted octanol–water partition coefficient (Wildman–Crippen LogP) is 2.02. The number of nitrogens with two attached hydrogens (primary N) is 1. The Hall–Kier alpha value is -2.33. The summed E-state index contributed by atoms with van der Waals surface area (Å²) < 4.78 is 0. The summed E-state index contributed by atoms with van der Waals surface area (Å²) in [4.78, 5) is 10.8. The van der Waals surface area contributed by atoms with Crippen molar-refractivity contribution in [2.45, 2.75) is 6.42 Å². The van der Waals surface area contributed by atoms with Crippen LogP contribution in [0.1, 0.15) is 11.1 Å². The topological polar surface area (TPSA) is 66.6 Å². The van der Waals surface area contributed by atoms with Crippen LogP contribution in [0.25, 0.3) is 11.1 Å². The van der Waals surface area contributed by atoms with E-state index < -0.39 is 5.97 Å². The van der Waals surface area contributed by atoms with Gasteiger partial charge in [-0.05, 0) is 28.3 Å². The lowest BCUT2D eigenvalue weighted by atomic mass is 10.0. The monoisotopic (exact) mass is 254 g/mol. The van der Waals surface area contributed by atoms with Crippen LogP contribution in [0.4, 0.5) is 5.69 Å². The molecule has 0 radical (unpaired) electrons. The van der Waals surface area contributed by atoms with Gasteiger partial charge in [0.25, 0.3) is 0 Å². The fraction of sp³-hybridized carbons (Fsp3) is 0.133. The van der Waals surface area contributed by atoms with Crippen LogP contribution < -0.4 is 10.9 Å². The molecule has 0 aliphatic heterocycles. The van der Waals surface area contributed by atoms with Crippen molar-refractivity contribution < 1.29 is 9.90 Å². The summed E-state index contributed by atoms with van der Waals surface area (Å²) in [6, 6.07) is 14.0. The van der Waals surface area contributed by atoms with Gasteiger partial charge in [0.2, 0.25) is 0 Å². The third kappa shape index (κ3) is 1.96. The molecule has 1 aliphatic rings. The van der Waals surface area contributed by atoms with Crippen LogP contribution in [-0.4, -0.2) is 17.6 Å². The van der Waals surface area contributed by atoms with E-state index in [4.69, 9.17) is 10.9 Å². The number of carboxylic acid groups (broad SMARTS) is 1. The first kappa shape index (κ1) is 11.7. The standard InChI is InChI=1S/C15H14N2O2/c16-17(9-15(18)19)14-7-3-6-12-11-5-2-1-4-10(11)8-13(12)14/h1-7H,8-9,16H2,(H,18,19). The second kappa shape index (κ2) is 4.40. The third-order valence-electron chi connectivity index (χ3n) is 3.44. The maximum Gasteiger partial charge on any atom is 0.324 e. The molecule has 0 saturated heterocycles. The molecule has 3 N–H and O–H groups in total. The van der Waals surface area contributed by atoms with E-state index in [9.17, 15) is 4.79 Å². The van der Waals surface area contributed by atoms with Crippen molar-refractivity contribution in [3.05, 3.63) is 53.6 Å². The Morgan fingerprint density at radius 1 is 1.16 bits per heavy atom. The van der Waals surface area contributed by atoms with Crippen molar-refractivity contribution in [1.29, 1.82) is 0 Å². The smallest absolute Gasteiger partial charge is 0.324 e. The molecule has 2 aromatic carbocycles. The molecular weight excluding hydrogens is 240 g/mol. The van der Waals surface area contributed by atoms with E-state index in [2.05, 4.69) is 18.2 Å². The number of hydrogen-bond acceptors (Lipinski definition) is 3. The molecule has 96 valence electrons. The number of fused-ring (bicyclic) bond motifs is 3. The first-order valence-corrected chi connectivity index (χ1v) is 6.11. The quantitative estimate of drug-likeness (QED) is 0.554.